The predicted octanol–water partition coefficient (Wildman–Crippen LogP) is 2.23. The molecule has 0 aliphatic heterocycles. The van der Waals surface area contributed by atoms with E-state index in [9.17, 15) is 24.0 Å². The van der Waals surface area contributed by atoms with Gasteiger partial charge in [-0.15, -0.1) is 0 Å². The second-order valence-corrected chi connectivity index (χ2v) is 9.08. The molecule has 0 aromatic carbocycles. The van der Waals surface area contributed by atoms with Crippen LogP contribution in [0.25, 0.3) is 0 Å². The number of amides is 3. The first-order valence-electron chi connectivity index (χ1n) is 12.8. The molecule has 196 valence electrons. The Bertz CT molecular complexity index is 607. The highest BCUT2D eigenvalue weighted by Gasteiger charge is 2.20. The fraction of sp³-hybridized carbons (Fsp3) is 0.800. The summed E-state index contributed by atoms with van der Waals surface area (Å²) >= 11 is 0. The van der Waals surface area contributed by atoms with Gasteiger partial charge in [0.15, 0.2) is 11.6 Å². The minimum Gasteiger partial charge on any atom is -0.369 e. The van der Waals surface area contributed by atoms with Crippen LogP contribution < -0.4 is 17.2 Å². The predicted molar refractivity (Wildman–Crippen MR) is 132 cm³/mol. The van der Waals surface area contributed by atoms with E-state index in [0.717, 1.165) is 38.5 Å². The summed E-state index contributed by atoms with van der Waals surface area (Å²) in [5.74, 6) is -1.27. The third-order valence-electron chi connectivity index (χ3n) is 6.25. The molecular formula is C25H46N4O5. The van der Waals surface area contributed by atoms with Gasteiger partial charge in [0.05, 0.1) is 13.1 Å². The minimum absolute atomic E-state index is 0.0831. The van der Waals surface area contributed by atoms with Crippen molar-refractivity contribution in [2.45, 2.75) is 97.3 Å². The van der Waals surface area contributed by atoms with Gasteiger partial charge < -0.3 is 22.1 Å². The van der Waals surface area contributed by atoms with E-state index in [1.165, 1.54) is 4.90 Å². The smallest absolute Gasteiger partial charge is 0.224 e. The van der Waals surface area contributed by atoms with E-state index in [4.69, 9.17) is 17.2 Å². The van der Waals surface area contributed by atoms with E-state index in [1.54, 1.807) is 0 Å². The summed E-state index contributed by atoms with van der Waals surface area (Å²) in [4.78, 5) is 61.0. The molecule has 0 heterocycles. The van der Waals surface area contributed by atoms with Crippen molar-refractivity contribution in [3.63, 3.8) is 0 Å². The van der Waals surface area contributed by atoms with Gasteiger partial charge in [0.25, 0.3) is 0 Å². The van der Waals surface area contributed by atoms with E-state index >= 15 is 0 Å². The Morgan fingerprint density at radius 1 is 0.647 bits per heavy atom. The lowest BCUT2D eigenvalue weighted by atomic mass is 9.97. The van der Waals surface area contributed by atoms with Crippen LogP contribution in [0.3, 0.4) is 0 Å². The van der Waals surface area contributed by atoms with Gasteiger partial charge in [-0.05, 0) is 38.5 Å². The topological polar surface area (TPSA) is 167 Å². The Morgan fingerprint density at radius 3 is 1.38 bits per heavy atom. The van der Waals surface area contributed by atoms with Gasteiger partial charge in [-0.1, -0.05) is 39.5 Å². The first-order valence-corrected chi connectivity index (χ1v) is 12.8. The first kappa shape index (κ1) is 31.7. The van der Waals surface area contributed by atoms with Crippen molar-refractivity contribution in [2.24, 2.45) is 29.0 Å². The van der Waals surface area contributed by atoms with Gasteiger partial charge in [0.1, 0.15) is 0 Å². The number of ketones is 2. The Labute approximate surface area is 204 Å². The lowest BCUT2D eigenvalue weighted by Crippen LogP contribution is -2.40. The van der Waals surface area contributed by atoms with Crippen LogP contribution in [0.5, 0.6) is 0 Å². The molecule has 9 heteroatoms. The second kappa shape index (κ2) is 19.1. The number of hydrogen-bond acceptors (Lipinski definition) is 6. The molecule has 3 amide bonds. The normalized spacial score (nSPS) is 12.7. The number of rotatable bonds is 22. The van der Waals surface area contributed by atoms with Crippen LogP contribution in [0.1, 0.15) is 97.3 Å². The molecule has 0 bridgehead atoms. The SMILES string of the molecule is CC[C@@H](CCCCCC(=O)CN(CC(=O)CCCCC[C@H](CC)C(N)=O)C(=O)CCN)C(N)=O. The highest BCUT2D eigenvalue weighted by molar-refractivity contribution is 5.90. The van der Waals surface area contributed by atoms with E-state index in [0.29, 0.717) is 38.5 Å². The van der Waals surface area contributed by atoms with Crippen molar-refractivity contribution >= 4 is 29.3 Å². The fourth-order valence-electron chi connectivity index (χ4n) is 3.97. The molecule has 0 saturated carbocycles. The maximum absolute atomic E-state index is 12.4. The highest BCUT2D eigenvalue weighted by atomic mass is 16.2. The third kappa shape index (κ3) is 14.8. The molecule has 9 nitrogen and oxygen atoms in total. The largest absolute Gasteiger partial charge is 0.369 e. The molecular weight excluding hydrogens is 436 g/mol. The van der Waals surface area contributed by atoms with Crippen LogP contribution in [-0.2, 0) is 24.0 Å². The fourth-order valence-corrected chi connectivity index (χ4v) is 3.97. The van der Waals surface area contributed by atoms with Crippen molar-refractivity contribution < 1.29 is 24.0 Å². The lowest BCUT2D eigenvalue weighted by molar-refractivity contribution is -0.138. The van der Waals surface area contributed by atoms with Crippen molar-refractivity contribution in [2.75, 3.05) is 19.6 Å². The van der Waals surface area contributed by atoms with Crippen molar-refractivity contribution in [3.8, 4) is 0 Å². The van der Waals surface area contributed by atoms with Gasteiger partial charge in [-0.2, -0.15) is 0 Å². The zero-order valence-corrected chi connectivity index (χ0v) is 21.2. The first-order chi connectivity index (χ1) is 16.2. The Balaban J connectivity index is 4.40. The van der Waals surface area contributed by atoms with Crippen molar-refractivity contribution in [1.82, 2.24) is 4.90 Å². The molecule has 0 saturated heterocycles. The van der Waals surface area contributed by atoms with Crippen LogP contribution in [0.15, 0.2) is 0 Å². The van der Waals surface area contributed by atoms with Crippen LogP contribution in [0.2, 0.25) is 0 Å². The summed E-state index contributed by atoms with van der Waals surface area (Å²) in [5, 5.41) is 0. The van der Waals surface area contributed by atoms with E-state index in [1.807, 2.05) is 13.8 Å². The molecule has 0 rings (SSSR count). The molecule has 0 aromatic rings. The molecule has 0 aliphatic rings. The van der Waals surface area contributed by atoms with Gasteiger partial charge in [0, 0.05) is 37.6 Å². The van der Waals surface area contributed by atoms with E-state index in [-0.39, 0.29) is 67.2 Å². The zero-order chi connectivity index (χ0) is 25.9. The van der Waals surface area contributed by atoms with Crippen LogP contribution in [0.4, 0.5) is 0 Å². The molecule has 2 atom stereocenters. The molecule has 0 unspecified atom stereocenters. The van der Waals surface area contributed by atoms with Crippen molar-refractivity contribution in [1.29, 1.82) is 0 Å². The quantitative estimate of drug-likeness (QED) is 0.200. The molecule has 6 N–H and O–H groups in total. The maximum atomic E-state index is 12.4. The van der Waals surface area contributed by atoms with Gasteiger partial charge in [-0.3, -0.25) is 24.0 Å². The number of unbranched alkanes of at least 4 members (excludes halogenated alkanes) is 4. The number of nitrogens with two attached hydrogens (primary N) is 3. The summed E-state index contributed by atoms with van der Waals surface area (Å²) in [6, 6.07) is 0. The molecule has 0 aliphatic carbocycles. The van der Waals surface area contributed by atoms with Crippen LogP contribution >= 0.6 is 0 Å². The van der Waals surface area contributed by atoms with Gasteiger partial charge >= 0.3 is 0 Å². The molecule has 0 spiro atoms. The zero-order valence-electron chi connectivity index (χ0n) is 21.2. The highest BCUT2D eigenvalue weighted by Crippen LogP contribution is 2.15. The molecule has 34 heavy (non-hydrogen) atoms. The number of hydrogen-bond donors (Lipinski definition) is 3. The number of nitrogens with zero attached hydrogens (tertiary/aromatic N) is 1. The number of Topliss-reactive ketones (excluding diaryl/α,β-unsaturated/α-hetero) is 2. The number of carbonyl (C=O) groups excluding carboxylic acids is 5. The van der Waals surface area contributed by atoms with Crippen molar-refractivity contribution in [3.05, 3.63) is 0 Å². The molecule has 0 aromatic heterocycles. The average molecular weight is 483 g/mol. The summed E-state index contributed by atoms with van der Waals surface area (Å²) in [5.41, 5.74) is 16.2. The average Bonchev–Trinajstić information content (AvgIpc) is 2.77. The Hall–Kier alpha value is -2.29. The lowest BCUT2D eigenvalue weighted by Gasteiger charge is -2.21. The van der Waals surface area contributed by atoms with E-state index in [2.05, 4.69) is 0 Å². The third-order valence-corrected chi connectivity index (χ3v) is 6.25. The van der Waals surface area contributed by atoms with Gasteiger partial charge in [-0.25, -0.2) is 0 Å². The van der Waals surface area contributed by atoms with E-state index < -0.39 is 0 Å². The standard InChI is InChI=1S/C25H46N4O5/c1-3-19(24(27)33)11-7-5-9-13-21(30)17-29(23(32)15-16-26)18-22(31)14-10-6-8-12-20(4-2)25(28)34/h19-20H,3-18,26H2,1-2H3,(H2,27,33)(H2,28,34)/t19-,20-/m0/s1. The minimum atomic E-state index is -0.288. The van der Waals surface area contributed by atoms with Crippen LogP contribution in [-0.4, -0.2) is 53.8 Å². The molecule has 0 fully saturated rings. The van der Waals surface area contributed by atoms with Gasteiger partial charge in [0.2, 0.25) is 17.7 Å². The number of primary amides is 2. The second-order valence-electron chi connectivity index (χ2n) is 9.08. The monoisotopic (exact) mass is 482 g/mol. The van der Waals surface area contributed by atoms with Crippen LogP contribution in [0, 0.1) is 11.8 Å². The number of carbonyl (C=O) groups is 5. The Morgan fingerprint density at radius 2 is 1.06 bits per heavy atom. The summed E-state index contributed by atoms with van der Waals surface area (Å²) < 4.78 is 0. The summed E-state index contributed by atoms with van der Waals surface area (Å²) in [6.07, 6.45) is 8.21. The summed E-state index contributed by atoms with van der Waals surface area (Å²) in [7, 11) is 0. The summed E-state index contributed by atoms with van der Waals surface area (Å²) in [6.45, 7) is 3.85. The Kier molecular flexibility index (Phi) is 17.8. The molecule has 0 radical (unpaired) electrons. The maximum Gasteiger partial charge on any atom is 0.224 e.